The average Bonchev–Trinajstić information content (AvgIpc) is 3.15. The van der Waals surface area contributed by atoms with Gasteiger partial charge in [0.1, 0.15) is 0 Å². The van der Waals surface area contributed by atoms with E-state index in [0.717, 1.165) is 27.6 Å². The lowest BCUT2D eigenvalue weighted by Crippen LogP contribution is -2.25. The van der Waals surface area contributed by atoms with Gasteiger partial charge in [-0.1, -0.05) is 41.9 Å². The fourth-order valence-electron chi connectivity index (χ4n) is 2.43. The molecule has 1 amide bonds. The van der Waals surface area contributed by atoms with Gasteiger partial charge in [0, 0.05) is 29.7 Å². The molecular formula is C19H18ClN3OS. The minimum Gasteiger partial charge on any atom is -0.351 e. The normalized spacial score (nSPS) is 10.6. The molecule has 128 valence electrons. The first-order valence-electron chi connectivity index (χ1n) is 7.89. The molecule has 0 aliphatic heterocycles. The number of hydrogen-bond donors (Lipinski definition) is 1. The van der Waals surface area contributed by atoms with Gasteiger partial charge in [0.15, 0.2) is 0 Å². The number of nitrogens with zero attached hydrogens (tertiary/aromatic N) is 2. The van der Waals surface area contributed by atoms with E-state index in [4.69, 9.17) is 11.6 Å². The Balaban J connectivity index is 1.50. The lowest BCUT2D eigenvalue weighted by atomic mass is 10.2. The quantitative estimate of drug-likeness (QED) is 0.680. The highest BCUT2D eigenvalue weighted by molar-refractivity contribution is 7.99. The summed E-state index contributed by atoms with van der Waals surface area (Å²) in [6.07, 6.45) is 3.63. The van der Waals surface area contributed by atoms with Gasteiger partial charge in [-0.25, -0.2) is 4.68 Å². The number of nitrogens with one attached hydrogen (secondary N) is 1. The Morgan fingerprint density at radius 2 is 2.04 bits per heavy atom. The van der Waals surface area contributed by atoms with Crippen molar-refractivity contribution in [2.75, 3.05) is 5.75 Å². The van der Waals surface area contributed by atoms with Crippen LogP contribution in [0.25, 0.3) is 5.69 Å². The van der Waals surface area contributed by atoms with Crippen molar-refractivity contribution in [3.8, 4) is 5.69 Å². The predicted octanol–water partition coefficient (Wildman–Crippen LogP) is 4.08. The molecule has 3 aromatic rings. The molecule has 0 atom stereocenters. The van der Waals surface area contributed by atoms with Gasteiger partial charge >= 0.3 is 0 Å². The molecule has 25 heavy (non-hydrogen) atoms. The summed E-state index contributed by atoms with van der Waals surface area (Å²) in [5.41, 5.74) is 3.12. The summed E-state index contributed by atoms with van der Waals surface area (Å²) < 4.78 is 1.80. The molecule has 0 bridgehead atoms. The molecule has 6 heteroatoms. The van der Waals surface area contributed by atoms with Gasteiger partial charge in [-0.3, -0.25) is 4.79 Å². The Bertz CT molecular complexity index is 836. The summed E-state index contributed by atoms with van der Waals surface area (Å²) in [6, 6.07) is 17.5. The highest BCUT2D eigenvalue weighted by atomic mass is 35.5. The summed E-state index contributed by atoms with van der Waals surface area (Å²) in [4.78, 5) is 12.1. The number of rotatable bonds is 7. The fourth-order valence-corrected chi connectivity index (χ4v) is 3.45. The van der Waals surface area contributed by atoms with Crippen LogP contribution in [0.4, 0.5) is 0 Å². The molecule has 0 saturated carbocycles. The van der Waals surface area contributed by atoms with Crippen LogP contribution >= 0.6 is 23.4 Å². The Labute approximate surface area is 156 Å². The van der Waals surface area contributed by atoms with Crippen LogP contribution in [0.1, 0.15) is 11.1 Å². The van der Waals surface area contributed by atoms with E-state index in [1.807, 2.05) is 60.8 Å². The zero-order chi connectivity index (χ0) is 17.5. The minimum atomic E-state index is 0.0160. The van der Waals surface area contributed by atoms with Crippen LogP contribution in [-0.2, 0) is 17.1 Å². The maximum atomic E-state index is 12.1. The molecule has 4 nitrogen and oxygen atoms in total. The molecular weight excluding hydrogens is 354 g/mol. The number of thioether (sulfide) groups is 1. The minimum absolute atomic E-state index is 0.0160. The maximum absolute atomic E-state index is 12.1. The monoisotopic (exact) mass is 371 g/mol. The van der Waals surface area contributed by atoms with Gasteiger partial charge in [-0.15, -0.1) is 11.8 Å². The van der Waals surface area contributed by atoms with Gasteiger partial charge < -0.3 is 5.32 Å². The van der Waals surface area contributed by atoms with Crippen molar-refractivity contribution in [2.24, 2.45) is 0 Å². The Morgan fingerprint density at radius 1 is 1.16 bits per heavy atom. The third-order valence-corrected chi connectivity index (χ3v) is 4.85. The van der Waals surface area contributed by atoms with E-state index in [0.29, 0.717) is 12.3 Å². The summed E-state index contributed by atoms with van der Waals surface area (Å²) >= 11 is 7.54. The average molecular weight is 372 g/mol. The van der Waals surface area contributed by atoms with Crippen molar-refractivity contribution < 1.29 is 4.79 Å². The van der Waals surface area contributed by atoms with E-state index >= 15 is 0 Å². The summed E-state index contributed by atoms with van der Waals surface area (Å²) in [5, 5.41) is 7.95. The molecule has 0 spiro atoms. The Kier molecular flexibility index (Phi) is 6.14. The molecule has 0 aliphatic carbocycles. The number of carbonyl (C=O) groups excluding carboxylic acids is 1. The van der Waals surface area contributed by atoms with Crippen LogP contribution in [0.15, 0.2) is 67.0 Å². The first kappa shape index (κ1) is 17.6. The summed E-state index contributed by atoms with van der Waals surface area (Å²) in [5.74, 6) is 1.19. The smallest absolute Gasteiger partial charge is 0.230 e. The fraction of sp³-hybridized carbons (Fsp3) is 0.158. The highest BCUT2D eigenvalue weighted by Gasteiger charge is 2.07. The SMILES string of the molecule is O=C(CSCc1cccc(Cl)c1)NCc1ccccc1-n1cccn1. The van der Waals surface area contributed by atoms with E-state index in [2.05, 4.69) is 10.4 Å². The second-order valence-electron chi connectivity index (χ2n) is 5.48. The van der Waals surface area contributed by atoms with Crippen LogP contribution in [0, 0.1) is 0 Å². The van der Waals surface area contributed by atoms with Gasteiger partial charge in [-0.05, 0) is 35.4 Å². The highest BCUT2D eigenvalue weighted by Crippen LogP contribution is 2.17. The van der Waals surface area contributed by atoms with E-state index < -0.39 is 0 Å². The first-order valence-corrected chi connectivity index (χ1v) is 9.42. The number of benzene rings is 2. The number of hydrogen-bond acceptors (Lipinski definition) is 3. The zero-order valence-electron chi connectivity index (χ0n) is 13.6. The van der Waals surface area contributed by atoms with Gasteiger partial charge in [0.05, 0.1) is 11.4 Å². The van der Waals surface area contributed by atoms with Crippen LogP contribution in [0.5, 0.6) is 0 Å². The Hall–Kier alpha value is -2.24. The zero-order valence-corrected chi connectivity index (χ0v) is 15.1. The van der Waals surface area contributed by atoms with Crippen molar-refractivity contribution >= 4 is 29.3 Å². The molecule has 1 heterocycles. The predicted molar refractivity (Wildman–Crippen MR) is 103 cm³/mol. The van der Waals surface area contributed by atoms with E-state index in [1.54, 1.807) is 22.6 Å². The summed E-state index contributed by atoms with van der Waals surface area (Å²) in [6.45, 7) is 0.479. The number of halogens is 1. The second kappa shape index (κ2) is 8.74. The van der Waals surface area contributed by atoms with Crippen molar-refractivity contribution in [3.05, 3.63) is 83.1 Å². The van der Waals surface area contributed by atoms with Gasteiger partial charge in [-0.2, -0.15) is 5.10 Å². The maximum Gasteiger partial charge on any atom is 0.230 e. The number of aromatic nitrogens is 2. The molecule has 1 N–H and O–H groups in total. The molecule has 0 saturated heterocycles. The molecule has 0 aliphatic rings. The van der Waals surface area contributed by atoms with E-state index in [1.165, 1.54) is 0 Å². The van der Waals surface area contributed by atoms with E-state index in [-0.39, 0.29) is 5.91 Å². The molecule has 0 radical (unpaired) electrons. The number of amides is 1. The van der Waals surface area contributed by atoms with Crippen molar-refractivity contribution in [1.29, 1.82) is 0 Å². The molecule has 1 aromatic heterocycles. The lowest BCUT2D eigenvalue weighted by molar-refractivity contribution is -0.118. The van der Waals surface area contributed by atoms with Crippen molar-refractivity contribution in [3.63, 3.8) is 0 Å². The number of para-hydroxylation sites is 1. The lowest BCUT2D eigenvalue weighted by Gasteiger charge is -2.10. The largest absolute Gasteiger partial charge is 0.351 e. The van der Waals surface area contributed by atoms with Crippen LogP contribution < -0.4 is 5.32 Å². The van der Waals surface area contributed by atoms with Crippen molar-refractivity contribution in [2.45, 2.75) is 12.3 Å². The third kappa shape index (κ3) is 5.11. The number of carbonyl (C=O) groups is 1. The topological polar surface area (TPSA) is 46.9 Å². The van der Waals surface area contributed by atoms with Crippen molar-refractivity contribution in [1.82, 2.24) is 15.1 Å². The van der Waals surface area contributed by atoms with Crippen LogP contribution in [0.2, 0.25) is 5.02 Å². The van der Waals surface area contributed by atoms with Crippen LogP contribution in [-0.4, -0.2) is 21.4 Å². The van der Waals surface area contributed by atoms with Crippen LogP contribution in [0.3, 0.4) is 0 Å². The third-order valence-electron chi connectivity index (χ3n) is 3.61. The molecule has 0 fully saturated rings. The standard InChI is InChI=1S/C19H18ClN3OS/c20-17-7-3-5-15(11-17)13-25-14-19(24)21-12-16-6-1-2-8-18(16)23-10-4-9-22-23/h1-11H,12-14H2,(H,21,24). The first-order chi connectivity index (χ1) is 12.2. The molecule has 0 unspecified atom stereocenters. The molecule has 2 aromatic carbocycles. The van der Waals surface area contributed by atoms with E-state index in [9.17, 15) is 4.79 Å². The van der Waals surface area contributed by atoms with Gasteiger partial charge in [0.2, 0.25) is 5.91 Å². The van der Waals surface area contributed by atoms with Gasteiger partial charge in [0.25, 0.3) is 0 Å². The Morgan fingerprint density at radius 3 is 2.84 bits per heavy atom. The summed E-state index contributed by atoms with van der Waals surface area (Å²) in [7, 11) is 0. The molecule has 3 rings (SSSR count). The second-order valence-corrected chi connectivity index (χ2v) is 6.90.